The largest absolute Gasteiger partial charge is 0.481 e. The highest BCUT2D eigenvalue weighted by atomic mass is 16.4. The van der Waals surface area contributed by atoms with Gasteiger partial charge in [-0.05, 0) is 31.4 Å². The zero-order valence-corrected chi connectivity index (χ0v) is 11.7. The van der Waals surface area contributed by atoms with Crippen LogP contribution in [0.15, 0.2) is 18.2 Å². The lowest BCUT2D eigenvalue weighted by Gasteiger charge is -2.21. The fourth-order valence-electron chi connectivity index (χ4n) is 2.16. The quantitative estimate of drug-likeness (QED) is 0.815. The first-order chi connectivity index (χ1) is 8.38. The van der Waals surface area contributed by atoms with Crippen LogP contribution in [0.3, 0.4) is 0 Å². The number of hydrogen-bond donors (Lipinski definition) is 2. The molecule has 1 atom stereocenters. The first-order valence-corrected chi connectivity index (χ1v) is 6.42. The third-order valence-corrected chi connectivity index (χ3v) is 2.96. The molecule has 0 radical (unpaired) electrons. The van der Waals surface area contributed by atoms with Crippen molar-refractivity contribution in [2.24, 2.45) is 0 Å². The van der Waals surface area contributed by atoms with Gasteiger partial charge in [0.05, 0.1) is 6.42 Å². The summed E-state index contributed by atoms with van der Waals surface area (Å²) in [5, 5.41) is 12.3. The maximum atomic E-state index is 10.9. The topological polar surface area (TPSA) is 49.3 Å². The molecule has 0 saturated heterocycles. The smallest absolute Gasteiger partial charge is 0.304 e. The molecule has 0 saturated carbocycles. The van der Waals surface area contributed by atoms with Crippen LogP contribution in [0.5, 0.6) is 0 Å². The van der Waals surface area contributed by atoms with E-state index in [-0.39, 0.29) is 12.5 Å². The van der Waals surface area contributed by atoms with Gasteiger partial charge >= 0.3 is 5.97 Å². The van der Waals surface area contributed by atoms with Gasteiger partial charge in [-0.25, -0.2) is 0 Å². The number of nitrogens with one attached hydrogen (secondary N) is 1. The van der Waals surface area contributed by atoms with Gasteiger partial charge in [-0.2, -0.15) is 0 Å². The molecule has 1 aromatic rings. The van der Waals surface area contributed by atoms with Gasteiger partial charge in [0, 0.05) is 12.1 Å². The molecule has 0 fully saturated rings. The van der Waals surface area contributed by atoms with Crippen LogP contribution in [-0.4, -0.2) is 23.2 Å². The molecule has 1 unspecified atom stereocenters. The predicted molar refractivity (Wildman–Crippen MR) is 73.9 cm³/mol. The summed E-state index contributed by atoms with van der Waals surface area (Å²) >= 11 is 0. The first-order valence-electron chi connectivity index (χ1n) is 6.42. The van der Waals surface area contributed by atoms with Gasteiger partial charge in [-0.1, -0.05) is 37.6 Å². The van der Waals surface area contributed by atoms with Gasteiger partial charge in [-0.15, -0.1) is 0 Å². The summed E-state index contributed by atoms with van der Waals surface area (Å²) in [4.78, 5) is 10.9. The molecule has 1 rings (SSSR count). The van der Waals surface area contributed by atoms with Crippen LogP contribution in [0, 0.1) is 13.8 Å². The van der Waals surface area contributed by atoms with Crippen LogP contribution in [0.4, 0.5) is 0 Å². The zero-order valence-electron chi connectivity index (χ0n) is 11.7. The van der Waals surface area contributed by atoms with Crippen molar-refractivity contribution in [3.63, 3.8) is 0 Å². The maximum absolute atomic E-state index is 10.9. The Labute approximate surface area is 109 Å². The van der Waals surface area contributed by atoms with Gasteiger partial charge in [0.1, 0.15) is 0 Å². The number of aliphatic carboxylic acids is 1. The monoisotopic (exact) mass is 249 g/mol. The lowest BCUT2D eigenvalue weighted by molar-refractivity contribution is -0.137. The number of aryl methyl sites for hydroxylation is 2. The third kappa shape index (κ3) is 4.88. The second-order valence-electron chi connectivity index (χ2n) is 5.25. The summed E-state index contributed by atoms with van der Waals surface area (Å²) in [6.45, 7) is 8.21. The number of rotatable bonds is 6. The number of hydrogen-bond acceptors (Lipinski definition) is 2. The van der Waals surface area contributed by atoms with E-state index in [1.54, 1.807) is 0 Å². The fourth-order valence-corrected chi connectivity index (χ4v) is 2.16. The van der Waals surface area contributed by atoms with Crippen molar-refractivity contribution < 1.29 is 9.90 Å². The lowest BCUT2D eigenvalue weighted by Crippen LogP contribution is -2.38. The number of benzene rings is 1. The molecule has 2 N–H and O–H groups in total. The number of carboxylic acids is 1. The van der Waals surface area contributed by atoms with E-state index in [4.69, 9.17) is 5.11 Å². The van der Waals surface area contributed by atoms with Gasteiger partial charge in [-0.3, -0.25) is 4.79 Å². The second-order valence-corrected chi connectivity index (χ2v) is 5.25. The van der Waals surface area contributed by atoms with Gasteiger partial charge < -0.3 is 10.4 Å². The maximum Gasteiger partial charge on any atom is 0.304 e. The normalized spacial score (nSPS) is 12.7. The van der Waals surface area contributed by atoms with E-state index in [9.17, 15) is 4.79 Å². The molecule has 0 heterocycles. The van der Waals surface area contributed by atoms with Crippen LogP contribution >= 0.6 is 0 Å². The Morgan fingerprint density at radius 2 is 2.00 bits per heavy atom. The van der Waals surface area contributed by atoms with Crippen LogP contribution in [0.1, 0.15) is 37.0 Å². The van der Waals surface area contributed by atoms with E-state index in [1.165, 1.54) is 16.7 Å². The highest BCUT2D eigenvalue weighted by Gasteiger charge is 2.15. The summed E-state index contributed by atoms with van der Waals surface area (Å²) < 4.78 is 0. The van der Waals surface area contributed by atoms with Crippen LogP contribution in [0.2, 0.25) is 0 Å². The zero-order chi connectivity index (χ0) is 13.7. The average Bonchev–Trinajstić information content (AvgIpc) is 2.21. The van der Waals surface area contributed by atoms with Gasteiger partial charge in [0.2, 0.25) is 0 Å². The molecule has 0 aliphatic carbocycles. The molecule has 0 bridgehead atoms. The van der Waals surface area contributed by atoms with E-state index in [0.717, 1.165) is 6.42 Å². The predicted octanol–water partition coefficient (Wildman–Crippen LogP) is 2.69. The fraction of sp³-hybridized carbons (Fsp3) is 0.533. The first kappa shape index (κ1) is 14.7. The summed E-state index contributed by atoms with van der Waals surface area (Å²) in [5.41, 5.74) is 3.67. The van der Waals surface area contributed by atoms with E-state index in [0.29, 0.717) is 6.04 Å². The number of carboxylic acid groups (broad SMARTS) is 1. The molecule has 100 valence electrons. The molecule has 0 aliphatic rings. The highest BCUT2D eigenvalue weighted by molar-refractivity contribution is 5.67. The molecule has 3 nitrogen and oxygen atoms in total. The second kappa shape index (κ2) is 6.55. The minimum absolute atomic E-state index is 0.0111. The molecule has 3 heteroatoms. The Balaban J connectivity index is 2.81. The summed E-state index contributed by atoms with van der Waals surface area (Å²) in [5.74, 6) is -0.751. The van der Waals surface area contributed by atoms with E-state index in [1.807, 2.05) is 13.8 Å². The molecule has 0 amide bonds. The Morgan fingerprint density at radius 1 is 1.33 bits per heavy atom. The standard InChI is InChI=1S/C15H23NO2/c1-10(2)16-14(9-15(17)18)8-13-7-11(3)5-6-12(13)4/h5-7,10,14,16H,8-9H2,1-4H3,(H,17,18). The van der Waals surface area contributed by atoms with E-state index in [2.05, 4.69) is 37.4 Å². The summed E-state index contributed by atoms with van der Waals surface area (Å²) in [6.07, 6.45) is 0.920. The highest BCUT2D eigenvalue weighted by Crippen LogP contribution is 2.14. The van der Waals surface area contributed by atoms with E-state index >= 15 is 0 Å². The third-order valence-electron chi connectivity index (χ3n) is 2.96. The van der Waals surface area contributed by atoms with Gasteiger partial charge in [0.15, 0.2) is 0 Å². The van der Waals surface area contributed by atoms with Crippen LogP contribution in [-0.2, 0) is 11.2 Å². The minimum Gasteiger partial charge on any atom is -0.481 e. The Kier molecular flexibility index (Phi) is 5.35. The molecule has 0 spiro atoms. The van der Waals surface area contributed by atoms with Crippen molar-refractivity contribution in [2.75, 3.05) is 0 Å². The average molecular weight is 249 g/mol. The SMILES string of the molecule is Cc1ccc(C)c(CC(CC(=O)O)NC(C)C)c1. The van der Waals surface area contributed by atoms with Crippen molar-refractivity contribution in [3.8, 4) is 0 Å². The van der Waals surface area contributed by atoms with Gasteiger partial charge in [0.25, 0.3) is 0 Å². The van der Waals surface area contributed by atoms with Crippen molar-refractivity contribution in [1.29, 1.82) is 0 Å². The lowest BCUT2D eigenvalue weighted by atomic mass is 9.97. The molecular weight excluding hydrogens is 226 g/mol. The summed E-state index contributed by atoms with van der Waals surface area (Å²) in [7, 11) is 0. The molecule has 1 aromatic carbocycles. The Bertz CT molecular complexity index is 413. The minimum atomic E-state index is -0.751. The van der Waals surface area contributed by atoms with Crippen molar-refractivity contribution >= 4 is 5.97 Å². The number of carbonyl (C=O) groups is 1. The molecule has 0 aliphatic heterocycles. The van der Waals surface area contributed by atoms with Crippen molar-refractivity contribution in [3.05, 3.63) is 34.9 Å². The Hall–Kier alpha value is -1.35. The molecule has 18 heavy (non-hydrogen) atoms. The van der Waals surface area contributed by atoms with Crippen LogP contribution in [0.25, 0.3) is 0 Å². The Morgan fingerprint density at radius 3 is 2.56 bits per heavy atom. The van der Waals surface area contributed by atoms with Crippen molar-refractivity contribution in [1.82, 2.24) is 5.32 Å². The van der Waals surface area contributed by atoms with Crippen molar-refractivity contribution in [2.45, 2.75) is 52.6 Å². The van der Waals surface area contributed by atoms with Crippen LogP contribution < -0.4 is 5.32 Å². The molecule has 0 aromatic heterocycles. The molecular formula is C15H23NO2. The summed E-state index contributed by atoms with van der Waals surface area (Å²) in [6, 6.07) is 6.60. The van der Waals surface area contributed by atoms with E-state index < -0.39 is 5.97 Å².